The fraction of sp³-hybridized carbons (Fsp3) is 0.214. The highest BCUT2D eigenvalue weighted by Crippen LogP contribution is 2.45. The molecule has 8 heteroatoms. The molecule has 0 fully saturated rings. The number of phenols is 1. The minimum absolute atomic E-state index is 0.0371. The molecule has 0 bridgehead atoms. The first-order valence-corrected chi connectivity index (χ1v) is 11.8. The first kappa shape index (κ1) is 23.4. The average molecular weight is 486 g/mol. The Hall–Kier alpha value is -4.30. The van der Waals surface area contributed by atoms with E-state index < -0.39 is 6.04 Å². The van der Waals surface area contributed by atoms with E-state index in [1.807, 2.05) is 54.6 Å². The summed E-state index contributed by atoms with van der Waals surface area (Å²) in [6.45, 7) is 0.715. The summed E-state index contributed by atoms with van der Waals surface area (Å²) in [4.78, 5) is 15.1. The van der Waals surface area contributed by atoms with Crippen LogP contribution in [0.25, 0.3) is 11.3 Å². The maximum atomic E-state index is 13.4. The molecular formula is C28H27N3O5. The molecule has 184 valence electrons. The Kier molecular flexibility index (Phi) is 6.60. The van der Waals surface area contributed by atoms with E-state index in [0.717, 1.165) is 11.1 Å². The Balaban J connectivity index is 1.55. The lowest BCUT2D eigenvalue weighted by Gasteiger charge is -2.27. The number of ether oxygens (including phenoxy) is 2. The van der Waals surface area contributed by atoms with Gasteiger partial charge in [0.25, 0.3) is 5.91 Å². The second kappa shape index (κ2) is 10.1. The molecule has 0 saturated heterocycles. The number of carbonyl (C=O) groups is 1. The van der Waals surface area contributed by atoms with Crippen molar-refractivity contribution >= 4 is 5.91 Å². The molecule has 4 aromatic rings. The van der Waals surface area contributed by atoms with Crippen LogP contribution in [-0.4, -0.2) is 51.5 Å². The summed E-state index contributed by atoms with van der Waals surface area (Å²) in [7, 11) is 1.58. The summed E-state index contributed by atoms with van der Waals surface area (Å²) in [6, 6.07) is 21.9. The molecule has 1 amide bonds. The van der Waals surface area contributed by atoms with E-state index in [-0.39, 0.29) is 18.3 Å². The summed E-state index contributed by atoms with van der Waals surface area (Å²) in [5.74, 6) is 0.999. The molecule has 2 heterocycles. The third-order valence-corrected chi connectivity index (χ3v) is 6.32. The molecule has 3 aromatic carbocycles. The Bertz CT molecular complexity index is 1370. The first-order valence-electron chi connectivity index (χ1n) is 11.8. The van der Waals surface area contributed by atoms with Crippen LogP contribution >= 0.6 is 0 Å². The molecule has 3 N–H and O–H groups in total. The number of aliphatic hydroxyl groups excluding tert-OH is 1. The van der Waals surface area contributed by atoms with Crippen molar-refractivity contribution in [3.05, 3.63) is 95.2 Å². The van der Waals surface area contributed by atoms with E-state index >= 15 is 0 Å². The molecule has 1 aliphatic heterocycles. The van der Waals surface area contributed by atoms with Gasteiger partial charge >= 0.3 is 0 Å². The van der Waals surface area contributed by atoms with Gasteiger partial charge in [-0.3, -0.25) is 9.89 Å². The fourth-order valence-electron chi connectivity index (χ4n) is 4.60. The normalized spacial score (nSPS) is 14.7. The number of nitrogens with zero attached hydrogens (tertiary/aromatic N) is 2. The van der Waals surface area contributed by atoms with Gasteiger partial charge in [0.2, 0.25) is 0 Å². The third kappa shape index (κ3) is 4.27. The number of methoxy groups -OCH3 is 1. The van der Waals surface area contributed by atoms with Crippen molar-refractivity contribution in [3.63, 3.8) is 0 Å². The van der Waals surface area contributed by atoms with Gasteiger partial charge < -0.3 is 24.6 Å². The molecule has 0 radical (unpaired) electrons. The highest BCUT2D eigenvalue weighted by Gasteiger charge is 2.42. The second-order valence-electron chi connectivity index (χ2n) is 8.54. The SMILES string of the molecule is COc1cc([C@H]2c3c(-c4ccccc4O)n[nH]c3C(=O)N2CCCO)ccc1OCc1ccccc1. The smallest absolute Gasteiger partial charge is 0.273 e. The van der Waals surface area contributed by atoms with Gasteiger partial charge in [-0.05, 0) is 41.8 Å². The number of carbonyl (C=O) groups excluding carboxylic acids is 1. The van der Waals surface area contributed by atoms with Gasteiger partial charge in [-0.25, -0.2) is 0 Å². The molecule has 1 aromatic heterocycles. The van der Waals surface area contributed by atoms with Crippen LogP contribution in [0.5, 0.6) is 17.2 Å². The van der Waals surface area contributed by atoms with Crippen LogP contribution < -0.4 is 9.47 Å². The standard InChI is InChI=1S/C28H27N3O5/c1-35-23-16-19(12-13-22(23)36-17-18-8-3-2-4-9-18)27-24-25(20-10-5-6-11-21(20)33)29-30-26(24)28(34)31(27)14-7-15-32/h2-6,8-13,16,27,32-33H,7,14-15,17H2,1H3,(H,29,30)/t27-/m0/s1. The molecule has 0 aliphatic carbocycles. The van der Waals surface area contributed by atoms with Gasteiger partial charge in [0.05, 0.1) is 13.2 Å². The lowest BCUT2D eigenvalue weighted by molar-refractivity contribution is 0.0732. The number of aromatic hydroxyl groups is 1. The summed E-state index contributed by atoms with van der Waals surface area (Å²) >= 11 is 0. The molecule has 0 saturated carbocycles. The van der Waals surface area contributed by atoms with Crippen LogP contribution in [0.1, 0.15) is 39.6 Å². The maximum absolute atomic E-state index is 13.4. The number of nitrogens with one attached hydrogen (secondary N) is 1. The van der Waals surface area contributed by atoms with Crippen LogP contribution in [0.2, 0.25) is 0 Å². The van der Waals surface area contributed by atoms with E-state index in [9.17, 15) is 15.0 Å². The number of hydrogen-bond donors (Lipinski definition) is 3. The quantitative estimate of drug-likeness (QED) is 0.326. The van der Waals surface area contributed by atoms with Crippen molar-refractivity contribution in [2.45, 2.75) is 19.1 Å². The Morgan fingerprint density at radius 3 is 2.56 bits per heavy atom. The van der Waals surface area contributed by atoms with Gasteiger partial charge in [0.1, 0.15) is 23.7 Å². The number of para-hydroxylation sites is 1. The van der Waals surface area contributed by atoms with Crippen molar-refractivity contribution in [3.8, 4) is 28.5 Å². The van der Waals surface area contributed by atoms with E-state index in [1.54, 1.807) is 30.2 Å². The van der Waals surface area contributed by atoms with Crippen molar-refractivity contribution in [2.24, 2.45) is 0 Å². The lowest BCUT2D eigenvalue weighted by atomic mass is 9.95. The zero-order chi connectivity index (χ0) is 25.1. The summed E-state index contributed by atoms with van der Waals surface area (Å²) in [6.07, 6.45) is 0.432. The average Bonchev–Trinajstić information content (AvgIpc) is 3.45. The zero-order valence-corrected chi connectivity index (χ0v) is 19.8. The Morgan fingerprint density at radius 2 is 1.81 bits per heavy atom. The van der Waals surface area contributed by atoms with Crippen LogP contribution in [0.3, 0.4) is 0 Å². The molecule has 5 rings (SSSR count). The monoisotopic (exact) mass is 485 g/mol. The largest absolute Gasteiger partial charge is 0.507 e. The second-order valence-corrected chi connectivity index (χ2v) is 8.54. The van der Waals surface area contributed by atoms with Crippen molar-refractivity contribution < 1.29 is 24.5 Å². The number of aromatic nitrogens is 2. The molecular weight excluding hydrogens is 458 g/mol. The minimum Gasteiger partial charge on any atom is -0.507 e. The highest BCUT2D eigenvalue weighted by molar-refractivity contribution is 6.00. The number of hydrogen-bond acceptors (Lipinski definition) is 6. The molecule has 36 heavy (non-hydrogen) atoms. The van der Waals surface area contributed by atoms with Gasteiger partial charge in [0, 0.05) is 24.3 Å². The number of aromatic amines is 1. The lowest BCUT2D eigenvalue weighted by Crippen LogP contribution is -2.31. The van der Waals surface area contributed by atoms with Gasteiger partial charge in [0.15, 0.2) is 11.5 Å². The van der Waals surface area contributed by atoms with E-state index in [2.05, 4.69) is 10.2 Å². The summed E-state index contributed by atoms with van der Waals surface area (Å²) < 4.78 is 11.7. The predicted molar refractivity (Wildman–Crippen MR) is 134 cm³/mol. The number of H-pyrrole nitrogens is 1. The van der Waals surface area contributed by atoms with E-state index in [0.29, 0.717) is 53.6 Å². The van der Waals surface area contributed by atoms with Crippen molar-refractivity contribution in [2.75, 3.05) is 20.3 Å². The van der Waals surface area contributed by atoms with E-state index in [1.165, 1.54) is 0 Å². The highest BCUT2D eigenvalue weighted by atomic mass is 16.5. The first-order chi connectivity index (χ1) is 17.6. The molecule has 1 atom stereocenters. The van der Waals surface area contributed by atoms with Gasteiger partial charge in [-0.15, -0.1) is 0 Å². The molecule has 0 unspecified atom stereocenters. The third-order valence-electron chi connectivity index (χ3n) is 6.32. The number of benzene rings is 3. The van der Waals surface area contributed by atoms with Crippen molar-refractivity contribution in [1.82, 2.24) is 15.1 Å². The number of aliphatic hydroxyl groups is 1. The number of fused-ring (bicyclic) bond motifs is 1. The van der Waals surface area contributed by atoms with Crippen molar-refractivity contribution in [1.29, 1.82) is 0 Å². The fourth-order valence-corrected chi connectivity index (χ4v) is 4.60. The Morgan fingerprint density at radius 1 is 1.03 bits per heavy atom. The van der Waals surface area contributed by atoms with Crippen LogP contribution in [0.15, 0.2) is 72.8 Å². The summed E-state index contributed by atoms with van der Waals surface area (Å²) in [5, 5.41) is 27.2. The molecule has 1 aliphatic rings. The molecule has 8 nitrogen and oxygen atoms in total. The van der Waals surface area contributed by atoms with Crippen LogP contribution in [-0.2, 0) is 6.61 Å². The van der Waals surface area contributed by atoms with Gasteiger partial charge in [-0.2, -0.15) is 5.10 Å². The molecule has 0 spiro atoms. The topological polar surface area (TPSA) is 108 Å². The van der Waals surface area contributed by atoms with E-state index in [4.69, 9.17) is 9.47 Å². The number of amides is 1. The predicted octanol–water partition coefficient (Wildman–Crippen LogP) is 4.30. The van der Waals surface area contributed by atoms with Crippen LogP contribution in [0, 0.1) is 0 Å². The zero-order valence-electron chi connectivity index (χ0n) is 19.8. The van der Waals surface area contributed by atoms with Gasteiger partial charge in [-0.1, -0.05) is 48.5 Å². The Labute approximate surface area is 208 Å². The number of phenolic OH excluding ortho intramolecular Hbond substituents is 1. The van der Waals surface area contributed by atoms with Crippen LogP contribution in [0.4, 0.5) is 0 Å². The number of rotatable bonds is 9. The summed E-state index contributed by atoms with van der Waals surface area (Å²) in [5.41, 5.74) is 3.94. The minimum atomic E-state index is -0.482. The maximum Gasteiger partial charge on any atom is 0.273 e.